The number of aliphatic imine (C=N–C) groups is 1. The van der Waals surface area contributed by atoms with Crippen molar-refractivity contribution in [1.82, 2.24) is 20.5 Å². The van der Waals surface area contributed by atoms with Crippen molar-refractivity contribution in [2.75, 3.05) is 32.6 Å². The van der Waals surface area contributed by atoms with Crippen molar-refractivity contribution in [3.05, 3.63) is 59.8 Å². The average molecular weight is 381 g/mol. The Balaban J connectivity index is 1.54. The van der Waals surface area contributed by atoms with Gasteiger partial charge in [0, 0.05) is 64.6 Å². The maximum Gasteiger partial charge on any atom is 0.191 e. The Labute approximate surface area is 168 Å². The lowest BCUT2D eigenvalue weighted by atomic mass is 10.2. The highest BCUT2D eigenvalue weighted by Gasteiger charge is 2.29. The lowest BCUT2D eigenvalue weighted by molar-refractivity contribution is 0.258. The molecule has 2 N–H and O–H groups in total. The van der Waals surface area contributed by atoms with E-state index in [1.54, 1.807) is 0 Å². The molecule has 2 atom stereocenters. The first-order chi connectivity index (χ1) is 13.6. The molecule has 2 heterocycles. The van der Waals surface area contributed by atoms with Gasteiger partial charge in [0.1, 0.15) is 5.82 Å². The molecule has 3 rings (SSSR count). The SMILES string of the molecule is CN=C(NCc1cccnc1N(C)C)NC1CC(C)N(Cc2ccccc2)C1. The summed E-state index contributed by atoms with van der Waals surface area (Å²) in [7, 11) is 5.85. The summed E-state index contributed by atoms with van der Waals surface area (Å²) in [6.45, 7) is 5.01. The average Bonchev–Trinajstić information content (AvgIpc) is 3.04. The van der Waals surface area contributed by atoms with Gasteiger partial charge in [-0.15, -0.1) is 0 Å². The molecule has 1 aromatic heterocycles. The van der Waals surface area contributed by atoms with Gasteiger partial charge in [-0.05, 0) is 25.0 Å². The highest BCUT2D eigenvalue weighted by molar-refractivity contribution is 5.80. The van der Waals surface area contributed by atoms with Crippen LogP contribution in [0, 0.1) is 0 Å². The largest absolute Gasteiger partial charge is 0.362 e. The van der Waals surface area contributed by atoms with Crippen molar-refractivity contribution in [3.63, 3.8) is 0 Å². The number of guanidine groups is 1. The second-order valence-corrected chi connectivity index (χ2v) is 7.65. The molecule has 1 aromatic carbocycles. The number of benzene rings is 1. The lowest BCUT2D eigenvalue weighted by Crippen LogP contribution is -2.44. The highest BCUT2D eigenvalue weighted by Crippen LogP contribution is 2.20. The van der Waals surface area contributed by atoms with E-state index in [0.29, 0.717) is 18.6 Å². The van der Waals surface area contributed by atoms with E-state index in [2.05, 4.69) is 68.8 Å². The number of hydrogen-bond donors (Lipinski definition) is 2. The molecule has 0 bridgehead atoms. The molecular weight excluding hydrogens is 348 g/mol. The molecule has 0 radical (unpaired) electrons. The van der Waals surface area contributed by atoms with Gasteiger partial charge in [0.15, 0.2) is 5.96 Å². The molecule has 1 aliphatic rings. The molecule has 0 amide bonds. The van der Waals surface area contributed by atoms with Gasteiger partial charge in [-0.1, -0.05) is 36.4 Å². The Morgan fingerprint density at radius 1 is 1.21 bits per heavy atom. The topological polar surface area (TPSA) is 55.8 Å². The summed E-state index contributed by atoms with van der Waals surface area (Å²) in [6.07, 6.45) is 2.94. The standard InChI is InChI=1S/C22H32N6/c1-17-13-20(16-28(17)15-18-9-6-5-7-10-18)26-22(23-2)25-14-19-11-8-12-24-21(19)27(3)4/h5-12,17,20H,13-16H2,1-4H3,(H2,23,25,26). The Bertz CT molecular complexity index is 774. The minimum Gasteiger partial charge on any atom is -0.362 e. The first-order valence-electron chi connectivity index (χ1n) is 9.93. The Hall–Kier alpha value is -2.60. The predicted molar refractivity (Wildman–Crippen MR) is 117 cm³/mol. The fourth-order valence-electron chi connectivity index (χ4n) is 3.78. The first kappa shape index (κ1) is 20.1. The number of aromatic nitrogens is 1. The predicted octanol–water partition coefficient (Wildman–Crippen LogP) is 2.48. The summed E-state index contributed by atoms with van der Waals surface area (Å²) in [6, 6.07) is 15.7. The van der Waals surface area contributed by atoms with Gasteiger partial charge >= 0.3 is 0 Å². The van der Waals surface area contributed by atoms with Crippen LogP contribution in [-0.4, -0.2) is 55.6 Å². The third-order valence-corrected chi connectivity index (χ3v) is 5.23. The zero-order chi connectivity index (χ0) is 19.9. The quantitative estimate of drug-likeness (QED) is 0.596. The number of pyridine rings is 1. The van der Waals surface area contributed by atoms with Crippen molar-refractivity contribution >= 4 is 11.8 Å². The molecule has 1 fully saturated rings. The van der Waals surface area contributed by atoms with Crippen molar-refractivity contribution in [3.8, 4) is 0 Å². The molecule has 2 aromatic rings. The van der Waals surface area contributed by atoms with Crippen LogP contribution in [0.4, 0.5) is 5.82 Å². The third kappa shape index (κ3) is 5.23. The zero-order valence-corrected chi connectivity index (χ0v) is 17.4. The molecule has 0 saturated carbocycles. The summed E-state index contributed by atoms with van der Waals surface area (Å²) >= 11 is 0. The monoisotopic (exact) mass is 380 g/mol. The first-order valence-corrected chi connectivity index (χ1v) is 9.93. The Morgan fingerprint density at radius 3 is 2.71 bits per heavy atom. The number of hydrogen-bond acceptors (Lipinski definition) is 4. The van der Waals surface area contributed by atoms with Crippen LogP contribution in [0.5, 0.6) is 0 Å². The van der Waals surface area contributed by atoms with Gasteiger partial charge in [0.25, 0.3) is 0 Å². The normalized spacial score (nSPS) is 20.2. The second kappa shape index (κ2) is 9.55. The number of likely N-dealkylation sites (tertiary alicyclic amines) is 1. The lowest BCUT2D eigenvalue weighted by Gasteiger charge is -2.21. The molecule has 28 heavy (non-hydrogen) atoms. The van der Waals surface area contributed by atoms with E-state index >= 15 is 0 Å². The summed E-state index contributed by atoms with van der Waals surface area (Å²) in [5.41, 5.74) is 2.52. The number of rotatable bonds is 6. The van der Waals surface area contributed by atoms with E-state index in [0.717, 1.165) is 36.9 Å². The summed E-state index contributed by atoms with van der Waals surface area (Å²) < 4.78 is 0. The van der Waals surface area contributed by atoms with E-state index in [9.17, 15) is 0 Å². The van der Waals surface area contributed by atoms with Crippen LogP contribution in [0.15, 0.2) is 53.7 Å². The van der Waals surface area contributed by atoms with Gasteiger partial charge in [-0.2, -0.15) is 0 Å². The van der Waals surface area contributed by atoms with Gasteiger partial charge < -0.3 is 15.5 Å². The molecule has 0 aliphatic carbocycles. The molecule has 2 unspecified atom stereocenters. The molecular formula is C22H32N6. The summed E-state index contributed by atoms with van der Waals surface area (Å²) in [4.78, 5) is 13.4. The molecule has 6 nitrogen and oxygen atoms in total. The zero-order valence-electron chi connectivity index (χ0n) is 17.4. The minimum atomic E-state index is 0.395. The van der Waals surface area contributed by atoms with Crippen LogP contribution >= 0.6 is 0 Å². The number of nitrogens with one attached hydrogen (secondary N) is 2. The van der Waals surface area contributed by atoms with Gasteiger partial charge in [-0.25, -0.2) is 4.98 Å². The fourth-order valence-corrected chi connectivity index (χ4v) is 3.78. The molecule has 150 valence electrons. The molecule has 0 spiro atoms. The molecule has 1 aliphatic heterocycles. The third-order valence-electron chi connectivity index (χ3n) is 5.23. The Morgan fingerprint density at radius 2 is 2.00 bits per heavy atom. The maximum absolute atomic E-state index is 4.46. The van der Waals surface area contributed by atoms with Crippen LogP contribution in [-0.2, 0) is 13.1 Å². The van der Waals surface area contributed by atoms with E-state index in [1.807, 2.05) is 38.3 Å². The van der Waals surface area contributed by atoms with E-state index in [4.69, 9.17) is 0 Å². The fraction of sp³-hybridized carbons (Fsp3) is 0.455. The van der Waals surface area contributed by atoms with Crippen LogP contribution in [0.3, 0.4) is 0 Å². The summed E-state index contributed by atoms with van der Waals surface area (Å²) in [5, 5.41) is 7.03. The van der Waals surface area contributed by atoms with Crippen molar-refractivity contribution < 1.29 is 0 Å². The van der Waals surface area contributed by atoms with Crippen molar-refractivity contribution in [2.45, 2.75) is 38.5 Å². The Kier molecular flexibility index (Phi) is 6.87. The van der Waals surface area contributed by atoms with Crippen LogP contribution in [0.1, 0.15) is 24.5 Å². The minimum absolute atomic E-state index is 0.395. The molecule has 1 saturated heterocycles. The number of anilines is 1. The van der Waals surface area contributed by atoms with Crippen LogP contribution in [0.25, 0.3) is 0 Å². The van der Waals surface area contributed by atoms with E-state index < -0.39 is 0 Å². The molecule has 6 heteroatoms. The van der Waals surface area contributed by atoms with Crippen LogP contribution < -0.4 is 15.5 Å². The smallest absolute Gasteiger partial charge is 0.191 e. The van der Waals surface area contributed by atoms with E-state index in [1.165, 1.54) is 5.56 Å². The van der Waals surface area contributed by atoms with Gasteiger partial charge in [0.05, 0.1) is 0 Å². The number of nitrogens with zero attached hydrogens (tertiary/aromatic N) is 4. The second-order valence-electron chi connectivity index (χ2n) is 7.65. The highest BCUT2D eigenvalue weighted by atomic mass is 15.3. The van der Waals surface area contributed by atoms with Gasteiger partial charge in [-0.3, -0.25) is 9.89 Å². The van der Waals surface area contributed by atoms with E-state index in [-0.39, 0.29) is 0 Å². The van der Waals surface area contributed by atoms with Crippen molar-refractivity contribution in [1.29, 1.82) is 0 Å². The maximum atomic E-state index is 4.46. The van der Waals surface area contributed by atoms with Gasteiger partial charge in [0.2, 0.25) is 0 Å². The van der Waals surface area contributed by atoms with Crippen molar-refractivity contribution in [2.24, 2.45) is 4.99 Å². The van der Waals surface area contributed by atoms with Crippen LogP contribution in [0.2, 0.25) is 0 Å². The summed E-state index contributed by atoms with van der Waals surface area (Å²) in [5.74, 6) is 1.82.